The lowest BCUT2D eigenvalue weighted by molar-refractivity contribution is 0.583. The van der Waals surface area contributed by atoms with Crippen molar-refractivity contribution in [1.82, 2.24) is 10.0 Å². The van der Waals surface area contributed by atoms with Gasteiger partial charge in [0.15, 0.2) is 0 Å². The summed E-state index contributed by atoms with van der Waals surface area (Å²) in [5, 5.41) is 4.02. The molecule has 0 aromatic heterocycles. The average molecular weight is 297 g/mol. The lowest BCUT2D eigenvalue weighted by Gasteiger charge is -2.06. The Bertz CT molecular complexity index is 477. The summed E-state index contributed by atoms with van der Waals surface area (Å²) in [6.45, 7) is 0.930. The lowest BCUT2D eigenvalue weighted by Crippen LogP contribution is -2.29. The molecule has 96 valence electrons. The van der Waals surface area contributed by atoms with Crippen molar-refractivity contribution in [2.45, 2.75) is 6.54 Å². The molecule has 7 heteroatoms. The van der Waals surface area contributed by atoms with Gasteiger partial charge in [0.1, 0.15) is 0 Å². The summed E-state index contributed by atoms with van der Waals surface area (Å²) in [4.78, 5) is 0. The van der Waals surface area contributed by atoms with Crippen molar-refractivity contribution in [3.05, 3.63) is 33.8 Å². The molecule has 4 nitrogen and oxygen atoms in total. The summed E-state index contributed by atoms with van der Waals surface area (Å²) in [5.74, 6) is 0.0465. The Morgan fingerprint density at radius 2 is 1.94 bits per heavy atom. The molecule has 0 spiro atoms. The van der Waals surface area contributed by atoms with Crippen LogP contribution in [0.25, 0.3) is 0 Å². The first kappa shape index (κ1) is 14.7. The first-order valence-corrected chi connectivity index (χ1v) is 7.41. The molecule has 0 aliphatic heterocycles. The van der Waals surface area contributed by atoms with Crippen LogP contribution < -0.4 is 10.0 Å². The first-order valence-electron chi connectivity index (χ1n) is 5.00. The van der Waals surface area contributed by atoms with E-state index in [0.717, 1.165) is 5.56 Å². The Labute approximate surface area is 111 Å². The zero-order valence-corrected chi connectivity index (χ0v) is 11.7. The number of benzene rings is 1. The predicted molar refractivity (Wildman–Crippen MR) is 71.0 cm³/mol. The molecular weight excluding hydrogens is 283 g/mol. The average Bonchev–Trinajstić information content (AvgIpc) is 2.29. The number of rotatable bonds is 6. The molecular formula is C10H14Cl2N2O2S. The van der Waals surface area contributed by atoms with Gasteiger partial charge in [0, 0.05) is 13.1 Å². The Hall–Kier alpha value is -0.330. The maximum absolute atomic E-state index is 11.1. The van der Waals surface area contributed by atoms with Crippen molar-refractivity contribution in [1.29, 1.82) is 0 Å². The van der Waals surface area contributed by atoms with E-state index in [-0.39, 0.29) is 5.75 Å². The van der Waals surface area contributed by atoms with E-state index in [1.807, 2.05) is 6.07 Å². The smallest absolute Gasteiger partial charge is 0.212 e. The van der Waals surface area contributed by atoms with E-state index >= 15 is 0 Å². The zero-order valence-electron chi connectivity index (χ0n) is 9.33. The third-order valence-corrected chi connectivity index (χ3v) is 4.27. The monoisotopic (exact) mass is 296 g/mol. The molecule has 1 aromatic rings. The van der Waals surface area contributed by atoms with E-state index < -0.39 is 10.0 Å². The fourth-order valence-electron chi connectivity index (χ4n) is 1.19. The molecule has 0 atom stereocenters. The maximum atomic E-state index is 11.1. The minimum atomic E-state index is -3.15. The molecule has 0 aliphatic rings. The van der Waals surface area contributed by atoms with Crippen LogP contribution in [0.1, 0.15) is 5.56 Å². The van der Waals surface area contributed by atoms with E-state index in [0.29, 0.717) is 23.1 Å². The molecule has 0 amide bonds. The fraction of sp³-hybridized carbons (Fsp3) is 0.400. The van der Waals surface area contributed by atoms with Crippen molar-refractivity contribution in [3.63, 3.8) is 0 Å². The highest BCUT2D eigenvalue weighted by atomic mass is 35.5. The standard InChI is InChI=1S/C10H14Cl2N2O2S/c1-13-17(15,16)5-4-14-7-8-2-3-9(11)10(12)6-8/h2-3,6,13-14H,4-5,7H2,1H3. The minimum Gasteiger partial charge on any atom is -0.312 e. The molecule has 0 unspecified atom stereocenters. The van der Waals surface area contributed by atoms with E-state index in [1.54, 1.807) is 12.1 Å². The Balaban J connectivity index is 2.39. The van der Waals surface area contributed by atoms with Crippen LogP contribution in [0.2, 0.25) is 10.0 Å². The van der Waals surface area contributed by atoms with Gasteiger partial charge in [0.25, 0.3) is 0 Å². The molecule has 0 saturated heterocycles. The van der Waals surface area contributed by atoms with Gasteiger partial charge in [0.05, 0.1) is 15.8 Å². The topological polar surface area (TPSA) is 58.2 Å². The van der Waals surface area contributed by atoms with Gasteiger partial charge in [0.2, 0.25) is 10.0 Å². The Morgan fingerprint density at radius 3 is 2.53 bits per heavy atom. The fourth-order valence-corrected chi connectivity index (χ4v) is 2.13. The highest BCUT2D eigenvalue weighted by Gasteiger charge is 2.05. The van der Waals surface area contributed by atoms with Gasteiger partial charge in [-0.2, -0.15) is 0 Å². The molecule has 1 aromatic carbocycles. The van der Waals surface area contributed by atoms with Crippen LogP contribution >= 0.6 is 23.2 Å². The molecule has 2 N–H and O–H groups in total. The second kappa shape index (κ2) is 6.56. The second-order valence-corrected chi connectivity index (χ2v) is 6.31. The predicted octanol–water partition coefficient (Wildman–Crippen LogP) is 1.63. The molecule has 17 heavy (non-hydrogen) atoms. The van der Waals surface area contributed by atoms with Crippen LogP contribution in [0.3, 0.4) is 0 Å². The number of hydrogen-bond donors (Lipinski definition) is 2. The number of halogens is 2. The first-order chi connectivity index (χ1) is 7.94. The summed E-state index contributed by atoms with van der Waals surface area (Å²) in [5.41, 5.74) is 0.959. The molecule has 0 saturated carbocycles. The molecule has 0 bridgehead atoms. The van der Waals surface area contributed by atoms with Crippen molar-refractivity contribution in [3.8, 4) is 0 Å². The van der Waals surface area contributed by atoms with Gasteiger partial charge >= 0.3 is 0 Å². The highest BCUT2D eigenvalue weighted by molar-refractivity contribution is 7.89. The third-order valence-electron chi connectivity index (χ3n) is 2.17. The quantitative estimate of drug-likeness (QED) is 0.785. The third kappa shape index (κ3) is 5.23. The Kier molecular flexibility index (Phi) is 5.69. The van der Waals surface area contributed by atoms with Crippen LogP contribution in [0.5, 0.6) is 0 Å². The van der Waals surface area contributed by atoms with Crippen LogP contribution in [-0.2, 0) is 16.6 Å². The molecule has 0 radical (unpaired) electrons. The van der Waals surface area contributed by atoms with Gasteiger partial charge in [-0.3, -0.25) is 0 Å². The van der Waals surface area contributed by atoms with Crippen LogP contribution in [0.15, 0.2) is 18.2 Å². The normalized spacial score (nSPS) is 11.7. The summed E-state index contributed by atoms with van der Waals surface area (Å²) in [6, 6.07) is 5.31. The molecule has 0 fully saturated rings. The minimum absolute atomic E-state index is 0.0465. The molecule has 0 aliphatic carbocycles. The largest absolute Gasteiger partial charge is 0.312 e. The van der Waals surface area contributed by atoms with Gasteiger partial charge in [-0.05, 0) is 24.7 Å². The van der Waals surface area contributed by atoms with Crippen molar-refractivity contribution >= 4 is 33.2 Å². The number of hydrogen-bond acceptors (Lipinski definition) is 3. The van der Waals surface area contributed by atoms with Crippen LogP contribution in [0.4, 0.5) is 0 Å². The van der Waals surface area contributed by atoms with E-state index in [9.17, 15) is 8.42 Å². The number of nitrogens with one attached hydrogen (secondary N) is 2. The van der Waals surface area contributed by atoms with E-state index in [2.05, 4.69) is 10.0 Å². The van der Waals surface area contributed by atoms with Crippen LogP contribution in [0, 0.1) is 0 Å². The van der Waals surface area contributed by atoms with Crippen molar-refractivity contribution in [2.24, 2.45) is 0 Å². The van der Waals surface area contributed by atoms with Crippen molar-refractivity contribution < 1.29 is 8.42 Å². The Morgan fingerprint density at radius 1 is 1.24 bits per heavy atom. The number of sulfonamides is 1. The summed E-state index contributed by atoms with van der Waals surface area (Å²) >= 11 is 11.6. The van der Waals surface area contributed by atoms with Gasteiger partial charge in [-0.1, -0.05) is 29.3 Å². The van der Waals surface area contributed by atoms with E-state index in [4.69, 9.17) is 23.2 Å². The summed E-state index contributed by atoms with van der Waals surface area (Å²) < 4.78 is 24.5. The highest BCUT2D eigenvalue weighted by Crippen LogP contribution is 2.22. The van der Waals surface area contributed by atoms with Gasteiger partial charge < -0.3 is 5.32 Å². The lowest BCUT2D eigenvalue weighted by atomic mass is 10.2. The summed E-state index contributed by atoms with van der Waals surface area (Å²) in [7, 11) is -1.75. The molecule has 1 rings (SSSR count). The second-order valence-electron chi connectivity index (χ2n) is 3.45. The van der Waals surface area contributed by atoms with Crippen molar-refractivity contribution in [2.75, 3.05) is 19.3 Å². The van der Waals surface area contributed by atoms with E-state index in [1.165, 1.54) is 7.05 Å². The summed E-state index contributed by atoms with van der Waals surface area (Å²) in [6.07, 6.45) is 0. The van der Waals surface area contributed by atoms with Gasteiger partial charge in [-0.15, -0.1) is 0 Å². The van der Waals surface area contributed by atoms with Crippen LogP contribution in [-0.4, -0.2) is 27.8 Å². The molecule has 0 heterocycles. The maximum Gasteiger partial charge on any atom is 0.212 e. The SMILES string of the molecule is CNS(=O)(=O)CCNCc1ccc(Cl)c(Cl)c1. The van der Waals surface area contributed by atoms with Gasteiger partial charge in [-0.25, -0.2) is 13.1 Å². The zero-order chi connectivity index (χ0) is 12.9.